The molecule has 1 atom stereocenters. The number of piperidine rings is 1. The van der Waals surface area contributed by atoms with Crippen molar-refractivity contribution < 1.29 is 22.8 Å². The number of carbonyl (C=O) groups is 2. The molecule has 1 N–H and O–H groups in total. The molecular weight excluding hydrogens is 321 g/mol. The van der Waals surface area contributed by atoms with Crippen molar-refractivity contribution in [2.75, 3.05) is 19.6 Å². The summed E-state index contributed by atoms with van der Waals surface area (Å²) in [6.45, 7) is 1.60. The average Bonchev–Trinajstić information content (AvgIpc) is 2.95. The Hall–Kier alpha value is -2.05. The minimum absolute atomic E-state index is 0.0126. The standard InChI is InChI=1S/C17H19F3N2O2/c18-17(19,20)13-4-2-12(3-5-13)10-14(23)22-9-7-16(11-22)6-1-8-21-15(16)24/h2-5H,1,6-11H2,(H,21,24)/t16-/m0/s1. The molecule has 0 aromatic heterocycles. The van der Waals surface area contributed by atoms with Crippen LogP contribution in [0.2, 0.25) is 0 Å². The van der Waals surface area contributed by atoms with E-state index in [0.717, 1.165) is 25.0 Å². The summed E-state index contributed by atoms with van der Waals surface area (Å²) in [6, 6.07) is 4.64. The van der Waals surface area contributed by atoms with Crippen LogP contribution >= 0.6 is 0 Å². The van der Waals surface area contributed by atoms with Crippen molar-refractivity contribution in [2.45, 2.75) is 31.9 Å². The maximum absolute atomic E-state index is 12.6. The van der Waals surface area contributed by atoms with Crippen LogP contribution in [0.4, 0.5) is 13.2 Å². The fraction of sp³-hybridized carbons (Fsp3) is 0.529. The SMILES string of the molecule is O=C(Cc1ccc(C(F)(F)F)cc1)N1CC[C@@]2(CCCNC2=O)C1. The fourth-order valence-electron chi connectivity index (χ4n) is 3.50. The number of carbonyl (C=O) groups excluding carboxylic acids is 2. The van der Waals surface area contributed by atoms with Gasteiger partial charge in [-0.3, -0.25) is 9.59 Å². The molecule has 2 fully saturated rings. The predicted octanol–water partition coefficient (Wildman–Crippen LogP) is 2.38. The van der Waals surface area contributed by atoms with E-state index in [9.17, 15) is 22.8 Å². The maximum Gasteiger partial charge on any atom is 0.416 e. The highest BCUT2D eigenvalue weighted by atomic mass is 19.4. The van der Waals surface area contributed by atoms with Gasteiger partial charge in [0.1, 0.15) is 0 Å². The number of amides is 2. The Morgan fingerprint density at radius 1 is 1.21 bits per heavy atom. The van der Waals surface area contributed by atoms with Gasteiger partial charge in [-0.25, -0.2) is 0 Å². The Morgan fingerprint density at radius 2 is 1.92 bits per heavy atom. The topological polar surface area (TPSA) is 49.4 Å². The van der Waals surface area contributed by atoms with Crippen molar-refractivity contribution in [3.8, 4) is 0 Å². The molecule has 0 saturated carbocycles. The van der Waals surface area contributed by atoms with Gasteiger partial charge < -0.3 is 10.2 Å². The second-order valence-corrected chi connectivity index (χ2v) is 6.58. The number of hydrogen-bond acceptors (Lipinski definition) is 2. The van der Waals surface area contributed by atoms with Crippen molar-refractivity contribution in [2.24, 2.45) is 5.41 Å². The average molecular weight is 340 g/mol. The maximum atomic E-state index is 12.6. The van der Waals surface area contributed by atoms with E-state index in [4.69, 9.17) is 0 Å². The van der Waals surface area contributed by atoms with Crippen molar-refractivity contribution >= 4 is 11.8 Å². The van der Waals surface area contributed by atoms with Gasteiger partial charge in [0.2, 0.25) is 11.8 Å². The summed E-state index contributed by atoms with van der Waals surface area (Å²) in [5.74, 6) is -0.136. The van der Waals surface area contributed by atoms with Crippen LogP contribution in [-0.4, -0.2) is 36.3 Å². The fourth-order valence-corrected chi connectivity index (χ4v) is 3.50. The van der Waals surface area contributed by atoms with Gasteiger partial charge in [-0.1, -0.05) is 12.1 Å². The number of nitrogens with zero attached hydrogens (tertiary/aromatic N) is 1. The van der Waals surface area contributed by atoms with E-state index in [-0.39, 0.29) is 18.2 Å². The lowest BCUT2D eigenvalue weighted by molar-refractivity contribution is -0.137. The van der Waals surface area contributed by atoms with E-state index < -0.39 is 17.2 Å². The second kappa shape index (κ2) is 6.11. The van der Waals surface area contributed by atoms with E-state index in [1.165, 1.54) is 12.1 Å². The number of nitrogens with one attached hydrogen (secondary N) is 1. The number of hydrogen-bond donors (Lipinski definition) is 1. The summed E-state index contributed by atoms with van der Waals surface area (Å²) in [5.41, 5.74) is -0.659. The normalized spacial score (nSPS) is 24.3. The monoisotopic (exact) mass is 340 g/mol. The lowest BCUT2D eigenvalue weighted by Gasteiger charge is -2.32. The highest BCUT2D eigenvalue weighted by molar-refractivity contribution is 5.86. The summed E-state index contributed by atoms with van der Waals surface area (Å²) >= 11 is 0. The zero-order chi connectivity index (χ0) is 17.4. The van der Waals surface area contributed by atoms with Gasteiger partial charge in [-0.05, 0) is 37.0 Å². The smallest absolute Gasteiger partial charge is 0.356 e. The molecule has 2 amide bonds. The molecule has 1 spiro atoms. The molecule has 0 unspecified atom stereocenters. The van der Waals surface area contributed by atoms with Gasteiger partial charge in [0.05, 0.1) is 17.4 Å². The Kier molecular flexibility index (Phi) is 4.27. The molecule has 2 aliphatic heterocycles. The molecule has 2 heterocycles. The summed E-state index contributed by atoms with van der Waals surface area (Å²) in [6.07, 6.45) is -1.98. The molecule has 1 aromatic carbocycles. The molecule has 2 aliphatic rings. The van der Waals surface area contributed by atoms with Crippen LogP contribution < -0.4 is 5.32 Å². The van der Waals surface area contributed by atoms with Gasteiger partial charge in [0, 0.05) is 19.6 Å². The van der Waals surface area contributed by atoms with Crippen molar-refractivity contribution in [3.63, 3.8) is 0 Å². The zero-order valence-electron chi connectivity index (χ0n) is 13.2. The first-order valence-corrected chi connectivity index (χ1v) is 8.02. The summed E-state index contributed by atoms with van der Waals surface area (Å²) < 4.78 is 37.7. The summed E-state index contributed by atoms with van der Waals surface area (Å²) in [7, 11) is 0. The first-order chi connectivity index (χ1) is 11.3. The highest BCUT2D eigenvalue weighted by Gasteiger charge is 2.46. The summed E-state index contributed by atoms with van der Waals surface area (Å²) in [4.78, 5) is 26.2. The number of likely N-dealkylation sites (tertiary alicyclic amines) is 1. The Morgan fingerprint density at radius 3 is 2.54 bits per heavy atom. The minimum atomic E-state index is -4.38. The van der Waals surface area contributed by atoms with E-state index >= 15 is 0 Å². The lowest BCUT2D eigenvalue weighted by atomic mass is 9.79. The molecule has 130 valence electrons. The van der Waals surface area contributed by atoms with Crippen LogP contribution in [0.15, 0.2) is 24.3 Å². The minimum Gasteiger partial charge on any atom is -0.356 e. The third-order valence-corrected chi connectivity index (χ3v) is 4.94. The quantitative estimate of drug-likeness (QED) is 0.899. The van der Waals surface area contributed by atoms with Crippen LogP contribution in [0.25, 0.3) is 0 Å². The Bertz CT molecular complexity index is 642. The Balaban J connectivity index is 1.63. The van der Waals surface area contributed by atoms with Gasteiger partial charge >= 0.3 is 6.18 Å². The van der Waals surface area contributed by atoms with Gasteiger partial charge in [0.15, 0.2) is 0 Å². The van der Waals surface area contributed by atoms with E-state index in [2.05, 4.69) is 5.32 Å². The Labute approximate surface area is 138 Å². The van der Waals surface area contributed by atoms with E-state index in [0.29, 0.717) is 31.6 Å². The molecule has 0 bridgehead atoms. The van der Waals surface area contributed by atoms with Gasteiger partial charge in [-0.15, -0.1) is 0 Å². The first-order valence-electron chi connectivity index (χ1n) is 8.02. The molecule has 3 rings (SSSR count). The zero-order valence-corrected chi connectivity index (χ0v) is 13.2. The number of rotatable bonds is 2. The van der Waals surface area contributed by atoms with Gasteiger partial charge in [-0.2, -0.15) is 13.2 Å². The molecule has 1 aromatic rings. The molecule has 7 heteroatoms. The molecule has 4 nitrogen and oxygen atoms in total. The van der Waals surface area contributed by atoms with Crippen LogP contribution in [0, 0.1) is 5.41 Å². The van der Waals surface area contributed by atoms with Crippen LogP contribution in [0.3, 0.4) is 0 Å². The third kappa shape index (κ3) is 3.25. The summed E-state index contributed by atoms with van der Waals surface area (Å²) in [5, 5.41) is 2.86. The van der Waals surface area contributed by atoms with Gasteiger partial charge in [0.25, 0.3) is 0 Å². The van der Waals surface area contributed by atoms with E-state index in [1.807, 2.05) is 0 Å². The second-order valence-electron chi connectivity index (χ2n) is 6.58. The first kappa shape index (κ1) is 16.8. The number of halogens is 3. The van der Waals surface area contributed by atoms with Crippen LogP contribution in [0.5, 0.6) is 0 Å². The predicted molar refractivity (Wildman–Crippen MR) is 81.0 cm³/mol. The van der Waals surface area contributed by atoms with E-state index in [1.54, 1.807) is 4.90 Å². The molecule has 0 radical (unpaired) electrons. The highest BCUT2D eigenvalue weighted by Crippen LogP contribution is 2.37. The van der Waals surface area contributed by atoms with Crippen molar-refractivity contribution in [1.82, 2.24) is 10.2 Å². The molecule has 0 aliphatic carbocycles. The lowest BCUT2D eigenvalue weighted by Crippen LogP contribution is -2.48. The van der Waals surface area contributed by atoms with Crippen LogP contribution in [-0.2, 0) is 22.2 Å². The number of benzene rings is 1. The molecule has 24 heavy (non-hydrogen) atoms. The van der Waals surface area contributed by atoms with Crippen molar-refractivity contribution in [3.05, 3.63) is 35.4 Å². The largest absolute Gasteiger partial charge is 0.416 e. The molecule has 2 saturated heterocycles. The molecular formula is C17H19F3N2O2. The number of alkyl halides is 3. The van der Waals surface area contributed by atoms with Crippen molar-refractivity contribution in [1.29, 1.82) is 0 Å². The van der Waals surface area contributed by atoms with Crippen LogP contribution in [0.1, 0.15) is 30.4 Å². The third-order valence-electron chi connectivity index (χ3n) is 4.94.